The van der Waals surface area contributed by atoms with Crippen LogP contribution in [0.15, 0.2) is 45.2 Å². The Morgan fingerprint density at radius 1 is 0.530 bits per heavy atom. The first-order valence-corrected chi connectivity index (χ1v) is 36.7. The second-order valence-corrected chi connectivity index (χ2v) is 30.7. The molecule has 10 rings (SSSR count). The fourth-order valence-corrected chi connectivity index (χ4v) is 14.1. The average Bonchev–Trinajstić information content (AvgIpc) is 1.41. The van der Waals surface area contributed by atoms with Gasteiger partial charge in [0, 0.05) is 121 Å². The molecular formula is C76H115N13O10S. The van der Waals surface area contributed by atoms with Gasteiger partial charge in [-0.2, -0.15) is 0 Å². The number of rotatable bonds is 18. The van der Waals surface area contributed by atoms with Crippen LogP contribution >= 0.6 is 12.2 Å². The molecule has 3 aromatic carbocycles. The number of piperazine rings is 3. The maximum Gasteiger partial charge on any atom is 0.410 e. The largest absolute Gasteiger partial charge is 0.447 e. The molecule has 23 nitrogen and oxygen atoms in total. The topological polar surface area (TPSA) is 244 Å². The predicted octanol–water partition coefficient (Wildman–Crippen LogP) is 12.4. The van der Waals surface area contributed by atoms with Crippen molar-refractivity contribution in [2.45, 2.75) is 243 Å². The number of likely N-dealkylation sites (tertiary alicyclic amines) is 1. The number of hydrogen-bond donors (Lipinski definition) is 2. The number of benzene rings is 3. The Bertz CT molecular complexity index is 3580. The lowest BCUT2D eigenvalue weighted by atomic mass is 9.95. The third-order valence-corrected chi connectivity index (χ3v) is 19.4. The van der Waals surface area contributed by atoms with E-state index in [0.29, 0.717) is 69.1 Å². The summed E-state index contributed by atoms with van der Waals surface area (Å²) in [5.74, 6) is 2.38. The van der Waals surface area contributed by atoms with Crippen molar-refractivity contribution in [1.29, 1.82) is 0 Å². The Kier molecular flexibility index (Phi) is 28.1. The van der Waals surface area contributed by atoms with Gasteiger partial charge in [-0.15, -0.1) is 20.4 Å². The molecule has 0 aliphatic carbocycles. The number of thiocarbonyl (C=S) groups is 1. The molecule has 550 valence electrons. The van der Waals surface area contributed by atoms with Crippen LogP contribution in [0.1, 0.15) is 211 Å². The highest BCUT2D eigenvalue weighted by molar-refractivity contribution is 7.80. The van der Waals surface area contributed by atoms with Gasteiger partial charge in [-0.05, 0) is 207 Å². The molecule has 5 atom stereocenters. The summed E-state index contributed by atoms with van der Waals surface area (Å²) in [6.07, 6.45) is 4.47. The van der Waals surface area contributed by atoms with Crippen molar-refractivity contribution in [3.8, 4) is 0 Å². The summed E-state index contributed by atoms with van der Waals surface area (Å²) >= 11 is 5.34. The summed E-state index contributed by atoms with van der Waals surface area (Å²) in [5.41, 5.74) is 20.1. The van der Waals surface area contributed by atoms with E-state index in [1.165, 1.54) is 61.2 Å². The molecule has 5 saturated heterocycles. The predicted molar refractivity (Wildman–Crippen MR) is 391 cm³/mol. The SMILES string of the molecule is Cc1cc(CC(=S)CN)c(C)c(CN2CCN(C(=O)OC(C)C)[C@@H](C)C2)c1.Cc1cc(Cc2nnc([C@@H]3CCCN3)o2)c(C)c(CN2CCN(C(=O)OC(C)C)[C@@H](C)C2)c1.Cc1cc(Cc2nnc([C@@H]3CCCN3C(=O)OC(C)(C)C)o2)c(C)c(CN2CCN(C(=O)OC(C)C)[C@@H](C)C2)c1. The number of nitrogens with two attached hydrogens (primary N) is 1. The first-order valence-electron chi connectivity index (χ1n) is 36.3. The van der Waals surface area contributed by atoms with E-state index < -0.39 is 5.60 Å². The van der Waals surface area contributed by atoms with Crippen LogP contribution in [-0.4, -0.2) is 205 Å². The summed E-state index contributed by atoms with van der Waals surface area (Å²) < 4.78 is 33.9. The van der Waals surface area contributed by atoms with Crippen molar-refractivity contribution < 1.29 is 47.0 Å². The molecule has 4 amide bonds. The Balaban J connectivity index is 0.000000195. The standard InChI is InChI=1S/C30H45N5O5.C25H37N5O3.C21H33N3O2S/c1-19(2)38-28(36)34-13-12-33(17-21(34)4)18-24-15-20(3)14-23(22(24)5)16-26-31-32-27(39-26)25-10-9-11-35(25)29(37)40-30(6,7)8;1-16(2)32-25(31)30-10-9-29(14-18(30)4)15-21-12-17(3)11-20(19(21)5)13-23-27-28-24(33-23)22-7-6-8-26-22;1-14(2)26-21(25)24-7-6-23(12-16(24)4)13-19-9-15(3)8-18(17(19)5)10-20(27)11-22/h14-15,19,21,25H,9-13,16-18H2,1-8H3;11-12,16,18,22,26H,6-10,13-15H2,1-5H3;8-9,14,16H,6-7,10-13,22H2,1-5H3/t21-,25-;18-,22-;16-/m000/s1. The number of hydrogen-bond acceptors (Lipinski definition) is 20. The first-order chi connectivity index (χ1) is 47.3. The molecule has 0 saturated carbocycles. The summed E-state index contributed by atoms with van der Waals surface area (Å²) in [4.78, 5) is 65.1. The summed E-state index contributed by atoms with van der Waals surface area (Å²) in [7, 11) is 0. The monoisotopic (exact) mass is 1400 g/mol. The van der Waals surface area contributed by atoms with Gasteiger partial charge in [0.05, 0.1) is 37.2 Å². The van der Waals surface area contributed by atoms with E-state index >= 15 is 0 Å². The summed E-state index contributed by atoms with van der Waals surface area (Å²) in [6.45, 7) is 47.6. The van der Waals surface area contributed by atoms with Crippen molar-refractivity contribution in [1.82, 2.24) is 60.0 Å². The molecule has 100 heavy (non-hydrogen) atoms. The Hall–Kier alpha value is -7.09. The van der Waals surface area contributed by atoms with Crippen molar-refractivity contribution in [3.63, 3.8) is 0 Å². The normalized spacial score (nSPS) is 20.2. The lowest BCUT2D eigenvalue weighted by molar-refractivity contribution is 0.0201. The van der Waals surface area contributed by atoms with E-state index in [1.54, 1.807) is 4.90 Å². The maximum atomic E-state index is 12.7. The van der Waals surface area contributed by atoms with Crippen LogP contribution in [0.4, 0.5) is 19.2 Å². The maximum absolute atomic E-state index is 12.7. The van der Waals surface area contributed by atoms with Crippen LogP contribution < -0.4 is 11.1 Å². The zero-order valence-corrected chi connectivity index (χ0v) is 63.9. The van der Waals surface area contributed by atoms with Crippen LogP contribution in [0.2, 0.25) is 0 Å². The average molecular weight is 1400 g/mol. The third-order valence-electron chi connectivity index (χ3n) is 19.1. The molecule has 3 N–H and O–H groups in total. The molecule has 5 fully saturated rings. The second-order valence-electron chi connectivity index (χ2n) is 30.1. The van der Waals surface area contributed by atoms with Gasteiger partial charge < -0.3 is 53.5 Å². The van der Waals surface area contributed by atoms with Crippen LogP contribution in [-0.2, 0) is 57.8 Å². The molecular weight excluding hydrogens is 1290 g/mol. The molecule has 2 aromatic heterocycles. The molecule has 0 bridgehead atoms. The van der Waals surface area contributed by atoms with E-state index in [1.807, 2.05) is 77.0 Å². The number of carbonyl (C=O) groups excluding carboxylic acids is 4. The van der Waals surface area contributed by atoms with Gasteiger partial charge in [0.15, 0.2) is 0 Å². The van der Waals surface area contributed by atoms with E-state index in [-0.39, 0.29) is 72.9 Å². The summed E-state index contributed by atoms with van der Waals surface area (Å²) in [5, 5.41) is 20.7. The van der Waals surface area contributed by atoms with Gasteiger partial charge in [-0.1, -0.05) is 65.3 Å². The smallest absolute Gasteiger partial charge is 0.410 e. The fourth-order valence-electron chi connectivity index (χ4n) is 14.0. The molecule has 0 spiro atoms. The van der Waals surface area contributed by atoms with Gasteiger partial charge in [-0.3, -0.25) is 19.6 Å². The van der Waals surface area contributed by atoms with Gasteiger partial charge >= 0.3 is 24.4 Å². The van der Waals surface area contributed by atoms with E-state index in [2.05, 4.69) is 139 Å². The lowest BCUT2D eigenvalue weighted by Crippen LogP contribution is -2.54. The van der Waals surface area contributed by atoms with Crippen molar-refractivity contribution >= 4 is 41.5 Å². The quantitative estimate of drug-likeness (QED) is 0.0612. The van der Waals surface area contributed by atoms with Crippen LogP contribution in [0.5, 0.6) is 0 Å². The third kappa shape index (κ3) is 22.2. The first kappa shape index (κ1) is 78.6. The van der Waals surface area contributed by atoms with Gasteiger partial charge in [0.1, 0.15) is 11.6 Å². The zero-order chi connectivity index (χ0) is 72.9. The minimum absolute atomic E-state index is 0.0808. The molecule has 5 aliphatic heterocycles. The van der Waals surface area contributed by atoms with Crippen LogP contribution in [0.3, 0.4) is 0 Å². The highest BCUT2D eigenvalue weighted by Crippen LogP contribution is 2.34. The van der Waals surface area contributed by atoms with Gasteiger partial charge in [-0.25, -0.2) is 19.2 Å². The number of aryl methyl sites for hydroxylation is 3. The van der Waals surface area contributed by atoms with E-state index in [0.717, 1.165) is 108 Å². The van der Waals surface area contributed by atoms with Crippen molar-refractivity contribution in [2.75, 3.05) is 78.5 Å². The molecule has 24 heteroatoms. The van der Waals surface area contributed by atoms with E-state index in [9.17, 15) is 19.2 Å². The molecule has 5 aliphatic rings. The molecule has 7 heterocycles. The van der Waals surface area contributed by atoms with Crippen molar-refractivity contribution in [2.24, 2.45) is 5.73 Å². The van der Waals surface area contributed by atoms with E-state index in [4.69, 9.17) is 45.7 Å². The minimum Gasteiger partial charge on any atom is -0.447 e. The van der Waals surface area contributed by atoms with Crippen LogP contribution in [0.25, 0.3) is 0 Å². The molecule has 5 aromatic rings. The van der Waals surface area contributed by atoms with Gasteiger partial charge in [0.25, 0.3) is 0 Å². The van der Waals surface area contributed by atoms with Crippen LogP contribution in [0, 0.1) is 41.5 Å². The van der Waals surface area contributed by atoms with Gasteiger partial charge in [0.2, 0.25) is 23.6 Å². The zero-order valence-electron chi connectivity index (χ0n) is 63.1. The highest BCUT2D eigenvalue weighted by atomic mass is 32.1. The Morgan fingerprint density at radius 3 is 1.30 bits per heavy atom. The fraction of sp³-hybridized carbons (Fsp3) is 0.645. The Labute approximate surface area is 599 Å². The number of ether oxygens (including phenoxy) is 4. The number of nitrogens with one attached hydrogen (secondary N) is 1. The summed E-state index contributed by atoms with van der Waals surface area (Å²) in [6, 6.07) is 13.6. The number of amides is 4. The number of nitrogens with zero attached hydrogens (tertiary/aromatic N) is 11. The number of aromatic nitrogens is 4. The second kappa shape index (κ2) is 35.7. The molecule has 0 radical (unpaired) electrons. The number of carbonyl (C=O) groups is 4. The highest BCUT2D eigenvalue weighted by Gasteiger charge is 2.38. The molecule has 0 unspecified atom stereocenters. The minimum atomic E-state index is -0.560. The lowest BCUT2D eigenvalue weighted by Gasteiger charge is -2.39. The van der Waals surface area contributed by atoms with Crippen molar-refractivity contribution in [3.05, 3.63) is 127 Å². The Morgan fingerprint density at radius 2 is 0.920 bits per heavy atom.